The molecule has 0 amide bonds. The molecule has 0 saturated heterocycles. The molecule has 0 bridgehead atoms. The minimum Gasteiger partial charge on any atom is -0.490 e. The number of hydrogen-bond donors (Lipinski definition) is 0. The fourth-order valence-electron chi connectivity index (χ4n) is 4.14. The lowest BCUT2D eigenvalue weighted by molar-refractivity contribution is -0.140. The molecule has 1 unspecified atom stereocenters. The maximum Gasteiger partial charge on any atom is 0.338 e. The third-order valence-corrected chi connectivity index (χ3v) is 7.11. The van der Waals surface area contributed by atoms with E-state index in [9.17, 15) is 14.4 Å². The Kier molecular flexibility index (Phi) is 9.01. The number of benzene rings is 2. The fraction of sp³-hybridized carbons (Fsp3) is 0.286. The number of fused-ring (bicyclic) bond motifs is 1. The van der Waals surface area contributed by atoms with Crippen LogP contribution in [0.15, 0.2) is 63.5 Å². The number of ether oxygens (including phenoxy) is 4. The highest BCUT2D eigenvalue weighted by Gasteiger charge is 2.34. The second-order valence-electron chi connectivity index (χ2n) is 8.46. The van der Waals surface area contributed by atoms with Gasteiger partial charge in [-0.2, -0.15) is 0 Å². The predicted octanol–water partition coefficient (Wildman–Crippen LogP) is 3.40. The van der Waals surface area contributed by atoms with Crippen LogP contribution >= 0.6 is 22.9 Å². The van der Waals surface area contributed by atoms with E-state index in [2.05, 4.69) is 4.99 Å². The summed E-state index contributed by atoms with van der Waals surface area (Å²) in [6.07, 6.45) is 1.70. The Balaban J connectivity index is 1.86. The van der Waals surface area contributed by atoms with Gasteiger partial charge in [0.25, 0.3) is 5.56 Å². The van der Waals surface area contributed by atoms with Crippen molar-refractivity contribution in [2.24, 2.45) is 4.99 Å². The van der Waals surface area contributed by atoms with Crippen molar-refractivity contribution in [3.8, 4) is 11.5 Å². The normalized spacial score (nSPS) is 15.0. The first-order chi connectivity index (χ1) is 18.7. The predicted molar refractivity (Wildman–Crippen MR) is 147 cm³/mol. The highest BCUT2D eigenvalue weighted by atomic mass is 35.5. The van der Waals surface area contributed by atoms with Crippen molar-refractivity contribution in [1.82, 2.24) is 4.57 Å². The number of allylic oxidation sites excluding steroid dienone is 1. The van der Waals surface area contributed by atoms with Crippen molar-refractivity contribution in [1.29, 1.82) is 0 Å². The number of carbonyl (C=O) groups is 2. The molecular weight excluding hydrogens is 544 g/mol. The number of halogens is 1. The van der Waals surface area contributed by atoms with Gasteiger partial charge in [-0.1, -0.05) is 47.2 Å². The largest absolute Gasteiger partial charge is 0.490 e. The Morgan fingerprint density at radius 2 is 1.92 bits per heavy atom. The van der Waals surface area contributed by atoms with E-state index in [1.807, 2.05) is 6.92 Å². The zero-order valence-electron chi connectivity index (χ0n) is 21.9. The first-order valence-electron chi connectivity index (χ1n) is 12.1. The van der Waals surface area contributed by atoms with Gasteiger partial charge in [-0.05, 0) is 49.2 Å². The number of methoxy groups -OCH3 is 1. The molecular formula is C28H27ClN2O7S. The number of esters is 2. The van der Waals surface area contributed by atoms with Crippen LogP contribution in [0.1, 0.15) is 37.9 Å². The molecule has 39 heavy (non-hydrogen) atoms. The van der Waals surface area contributed by atoms with Gasteiger partial charge in [0.05, 0.1) is 29.0 Å². The van der Waals surface area contributed by atoms with E-state index in [1.165, 1.54) is 29.9 Å². The van der Waals surface area contributed by atoms with Gasteiger partial charge in [0, 0.05) is 19.1 Å². The highest BCUT2D eigenvalue weighted by Crippen LogP contribution is 2.34. The summed E-state index contributed by atoms with van der Waals surface area (Å²) < 4.78 is 23.1. The molecule has 1 atom stereocenters. The fourth-order valence-corrected chi connectivity index (χ4v) is 5.43. The van der Waals surface area contributed by atoms with Crippen LogP contribution in [-0.2, 0) is 19.1 Å². The lowest BCUT2D eigenvalue weighted by atomic mass is 9.96. The van der Waals surface area contributed by atoms with Crippen molar-refractivity contribution in [3.05, 3.63) is 89.6 Å². The summed E-state index contributed by atoms with van der Waals surface area (Å²) in [5, 5.41) is 0.399. The highest BCUT2D eigenvalue weighted by molar-refractivity contribution is 7.07. The second kappa shape index (κ2) is 12.4. The molecule has 1 aliphatic rings. The molecule has 0 radical (unpaired) electrons. The van der Waals surface area contributed by atoms with Crippen LogP contribution in [-0.4, -0.2) is 43.4 Å². The molecule has 9 nitrogen and oxygen atoms in total. The van der Waals surface area contributed by atoms with Gasteiger partial charge in [-0.25, -0.2) is 9.79 Å². The summed E-state index contributed by atoms with van der Waals surface area (Å²) in [5.74, 6) is -0.410. The summed E-state index contributed by atoms with van der Waals surface area (Å²) in [6, 6.07) is 11.2. The molecule has 2 heterocycles. The van der Waals surface area contributed by atoms with Crippen LogP contribution in [0.25, 0.3) is 6.08 Å². The SMILES string of the molecule is CCOc1cc(/C=c2\sc3n(c2=O)C(c2ccccc2Cl)C(C(=O)OCCOC)=C(C)N=3)ccc1OC(C)=O. The first-order valence-corrected chi connectivity index (χ1v) is 13.3. The average Bonchev–Trinajstić information content (AvgIpc) is 3.19. The maximum atomic E-state index is 13.8. The van der Waals surface area contributed by atoms with Crippen LogP contribution in [0, 0.1) is 0 Å². The second-order valence-corrected chi connectivity index (χ2v) is 9.88. The Labute approximate surface area is 233 Å². The van der Waals surface area contributed by atoms with Gasteiger partial charge in [0.2, 0.25) is 0 Å². The van der Waals surface area contributed by atoms with Crippen molar-refractivity contribution in [3.63, 3.8) is 0 Å². The van der Waals surface area contributed by atoms with Crippen molar-refractivity contribution in [2.75, 3.05) is 26.9 Å². The zero-order valence-corrected chi connectivity index (χ0v) is 23.4. The molecule has 11 heteroatoms. The molecule has 1 aromatic heterocycles. The number of thiazole rings is 1. The molecule has 3 aromatic rings. The monoisotopic (exact) mass is 570 g/mol. The minimum absolute atomic E-state index is 0.0529. The van der Waals surface area contributed by atoms with Crippen LogP contribution in [0.4, 0.5) is 0 Å². The van der Waals surface area contributed by atoms with Crippen LogP contribution in [0.5, 0.6) is 11.5 Å². The van der Waals surface area contributed by atoms with Gasteiger partial charge in [-0.15, -0.1) is 0 Å². The van der Waals surface area contributed by atoms with Gasteiger partial charge in [-0.3, -0.25) is 14.2 Å². The minimum atomic E-state index is -0.836. The van der Waals surface area contributed by atoms with Crippen LogP contribution in [0.2, 0.25) is 5.02 Å². The van der Waals surface area contributed by atoms with Crippen molar-refractivity contribution >= 4 is 41.0 Å². The number of hydrogen-bond acceptors (Lipinski definition) is 9. The standard InChI is InChI=1S/C28H27ClN2O7S/c1-5-36-22-14-18(10-11-21(22)38-17(3)32)15-23-26(33)31-25(19-8-6-7-9-20(19)29)24(16(2)30-28(31)39-23)27(34)37-13-12-35-4/h6-11,14-15,25H,5,12-13H2,1-4H3/b23-15-. The third-order valence-electron chi connectivity index (χ3n) is 5.78. The quantitative estimate of drug-likeness (QED) is 0.220. The number of rotatable bonds is 9. The van der Waals surface area contributed by atoms with E-state index in [1.54, 1.807) is 55.5 Å². The van der Waals surface area contributed by atoms with E-state index in [-0.39, 0.29) is 30.1 Å². The Morgan fingerprint density at radius 3 is 2.62 bits per heavy atom. The van der Waals surface area contributed by atoms with E-state index in [4.69, 9.17) is 30.5 Å². The zero-order chi connectivity index (χ0) is 28.1. The van der Waals surface area contributed by atoms with E-state index in [0.717, 1.165) is 0 Å². The van der Waals surface area contributed by atoms with Gasteiger partial charge < -0.3 is 18.9 Å². The molecule has 1 aliphatic heterocycles. The lowest BCUT2D eigenvalue weighted by Crippen LogP contribution is -2.40. The van der Waals surface area contributed by atoms with E-state index >= 15 is 0 Å². The maximum absolute atomic E-state index is 13.8. The number of aromatic nitrogens is 1. The average molecular weight is 571 g/mol. The molecule has 0 N–H and O–H groups in total. The molecule has 204 valence electrons. The van der Waals surface area contributed by atoms with E-state index in [0.29, 0.717) is 43.5 Å². The topological polar surface area (TPSA) is 105 Å². The van der Waals surface area contributed by atoms with Gasteiger partial charge in [0.15, 0.2) is 16.3 Å². The number of nitrogens with zero attached hydrogens (tertiary/aromatic N) is 2. The summed E-state index contributed by atoms with van der Waals surface area (Å²) in [6.45, 7) is 5.48. The first kappa shape index (κ1) is 28.3. The summed E-state index contributed by atoms with van der Waals surface area (Å²) in [5.41, 5.74) is 1.54. The molecule has 0 fully saturated rings. The molecule has 0 saturated carbocycles. The van der Waals surface area contributed by atoms with E-state index < -0.39 is 18.0 Å². The molecule has 4 rings (SSSR count). The van der Waals surface area contributed by atoms with Crippen LogP contribution < -0.4 is 24.4 Å². The number of carbonyl (C=O) groups excluding carboxylic acids is 2. The summed E-state index contributed by atoms with van der Waals surface area (Å²) in [7, 11) is 1.51. The van der Waals surface area contributed by atoms with Gasteiger partial charge in [0.1, 0.15) is 12.6 Å². The summed E-state index contributed by atoms with van der Waals surface area (Å²) >= 11 is 7.75. The summed E-state index contributed by atoms with van der Waals surface area (Å²) in [4.78, 5) is 43.5. The smallest absolute Gasteiger partial charge is 0.338 e. The molecule has 0 aliphatic carbocycles. The van der Waals surface area contributed by atoms with Crippen molar-refractivity contribution < 1.29 is 28.5 Å². The Morgan fingerprint density at radius 1 is 1.15 bits per heavy atom. The molecule has 0 spiro atoms. The third kappa shape index (κ3) is 6.13. The van der Waals surface area contributed by atoms with Crippen LogP contribution in [0.3, 0.4) is 0 Å². The lowest BCUT2D eigenvalue weighted by Gasteiger charge is -2.25. The Bertz CT molecular complexity index is 1620. The van der Waals surface area contributed by atoms with Crippen molar-refractivity contribution in [2.45, 2.75) is 26.8 Å². The van der Waals surface area contributed by atoms with Gasteiger partial charge >= 0.3 is 11.9 Å². The molecule has 2 aromatic carbocycles. The Hall–Kier alpha value is -3.73.